The zero-order valence-electron chi connectivity index (χ0n) is 14.3. The lowest BCUT2D eigenvalue weighted by atomic mass is 10.1. The van der Waals surface area contributed by atoms with Crippen LogP contribution in [0.5, 0.6) is 11.5 Å². The molecule has 0 spiro atoms. The van der Waals surface area contributed by atoms with E-state index in [1.807, 2.05) is 6.92 Å². The van der Waals surface area contributed by atoms with Crippen LogP contribution in [0.25, 0.3) is 16.8 Å². The van der Waals surface area contributed by atoms with Crippen molar-refractivity contribution >= 4 is 22.8 Å². The Labute approximate surface area is 153 Å². The Kier molecular flexibility index (Phi) is 5.45. The molecule has 0 saturated heterocycles. The van der Waals surface area contributed by atoms with Crippen LogP contribution in [0.1, 0.15) is 22.8 Å². The molecule has 6 heteroatoms. The van der Waals surface area contributed by atoms with E-state index in [1.54, 1.807) is 24.3 Å². The van der Waals surface area contributed by atoms with E-state index in [1.165, 1.54) is 30.3 Å². The van der Waals surface area contributed by atoms with E-state index in [2.05, 4.69) is 0 Å². The third-order valence-electron chi connectivity index (χ3n) is 3.83. The van der Waals surface area contributed by atoms with Crippen LogP contribution in [-0.4, -0.2) is 12.6 Å². The molecule has 0 radical (unpaired) electrons. The molecule has 0 fully saturated rings. The van der Waals surface area contributed by atoms with Crippen molar-refractivity contribution in [2.24, 2.45) is 0 Å². The Bertz CT molecular complexity index is 1010. The molecule has 3 nitrogen and oxygen atoms in total. The number of benzene rings is 3. The van der Waals surface area contributed by atoms with Crippen molar-refractivity contribution in [2.45, 2.75) is 6.92 Å². The van der Waals surface area contributed by atoms with E-state index in [-0.39, 0.29) is 16.7 Å². The number of halogens is 3. The Morgan fingerprint density at radius 2 is 1.70 bits per heavy atom. The first kappa shape index (κ1) is 18.5. The van der Waals surface area contributed by atoms with Gasteiger partial charge in [0.1, 0.15) is 17.3 Å². The first-order chi connectivity index (χ1) is 13.0. The monoisotopic (exact) mass is 372 g/mol. The van der Waals surface area contributed by atoms with Gasteiger partial charge in [-0.1, -0.05) is 12.1 Å². The topological polar surface area (TPSA) is 35.5 Å². The lowest BCUT2D eigenvalue weighted by Gasteiger charge is -2.08. The first-order valence-corrected chi connectivity index (χ1v) is 8.18. The second-order valence-electron chi connectivity index (χ2n) is 5.63. The molecule has 0 amide bonds. The van der Waals surface area contributed by atoms with Gasteiger partial charge in [0.2, 0.25) is 0 Å². The van der Waals surface area contributed by atoms with Gasteiger partial charge in [-0.15, -0.1) is 0 Å². The third-order valence-corrected chi connectivity index (χ3v) is 3.83. The van der Waals surface area contributed by atoms with Gasteiger partial charge in [-0.2, -0.15) is 8.78 Å². The lowest BCUT2D eigenvalue weighted by Crippen LogP contribution is -2.08. The smallest absolute Gasteiger partial charge is 0.343 e. The molecule has 0 heterocycles. The molecule has 3 rings (SSSR count). The molecule has 0 aliphatic heterocycles. The van der Waals surface area contributed by atoms with Crippen molar-refractivity contribution in [1.29, 1.82) is 0 Å². The lowest BCUT2D eigenvalue weighted by molar-refractivity contribution is 0.0735. The van der Waals surface area contributed by atoms with E-state index >= 15 is 0 Å². The van der Waals surface area contributed by atoms with E-state index < -0.39 is 17.9 Å². The van der Waals surface area contributed by atoms with Crippen molar-refractivity contribution in [2.75, 3.05) is 6.61 Å². The maximum absolute atomic E-state index is 14.3. The van der Waals surface area contributed by atoms with Crippen LogP contribution in [0.2, 0.25) is 0 Å². The first-order valence-electron chi connectivity index (χ1n) is 8.18. The maximum Gasteiger partial charge on any atom is 0.343 e. The Balaban J connectivity index is 1.83. The minimum absolute atomic E-state index is 0.158. The van der Waals surface area contributed by atoms with E-state index in [0.717, 1.165) is 0 Å². The van der Waals surface area contributed by atoms with Gasteiger partial charge in [0.25, 0.3) is 6.08 Å². The molecule has 0 N–H and O–H groups in total. The number of fused-ring (bicyclic) bond motifs is 1. The van der Waals surface area contributed by atoms with Gasteiger partial charge in [0, 0.05) is 17.0 Å². The number of esters is 1. The van der Waals surface area contributed by atoms with Crippen LogP contribution in [0.3, 0.4) is 0 Å². The van der Waals surface area contributed by atoms with E-state index in [4.69, 9.17) is 9.47 Å². The molecular formula is C21H15F3O3. The number of hydrogen-bond acceptors (Lipinski definition) is 3. The molecule has 0 bridgehead atoms. The largest absolute Gasteiger partial charge is 0.494 e. The van der Waals surface area contributed by atoms with Gasteiger partial charge in [-0.25, -0.2) is 9.18 Å². The number of carbonyl (C=O) groups is 1. The number of rotatable bonds is 5. The zero-order valence-corrected chi connectivity index (χ0v) is 14.3. The van der Waals surface area contributed by atoms with Gasteiger partial charge in [-0.05, 0) is 54.8 Å². The highest BCUT2D eigenvalue weighted by atomic mass is 19.3. The Morgan fingerprint density at radius 1 is 1.00 bits per heavy atom. The molecule has 0 atom stereocenters. The molecule has 0 saturated carbocycles. The molecule has 138 valence electrons. The van der Waals surface area contributed by atoms with Gasteiger partial charge < -0.3 is 9.47 Å². The molecule has 0 unspecified atom stereocenters. The fourth-order valence-corrected chi connectivity index (χ4v) is 2.60. The molecule has 0 aromatic heterocycles. The summed E-state index contributed by atoms with van der Waals surface area (Å²) in [6, 6.07) is 13.5. The maximum atomic E-state index is 14.3. The normalized spacial score (nSPS) is 10.5. The highest BCUT2D eigenvalue weighted by Gasteiger charge is 2.12. The summed E-state index contributed by atoms with van der Waals surface area (Å²) in [6.45, 7) is 2.38. The van der Waals surface area contributed by atoms with Gasteiger partial charge in [0.05, 0.1) is 12.2 Å². The quantitative estimate of drug-likeness (QED) is 0.417. The molecule has 3 aromatic rings. The molecule has 3 aromatic carbocycles. The van der Waals surface area contributed by atoms with Crippen LogP contribution < -0.4 is 9.47 Å². The summed E-state index contributed by atoms with van der Waals surface area (Å²) in [6.07, 6.45) is -1.51. The average molecular weight is 372 g/mol. The standard InChI is InChI=1S/C21H15F3O3/c1-2-26-16-7-5-13(6-8-16)21(25)27-17-9-10-18-14(11-17)3-4-15(20(18)24)12-19(22)23/h3-12H,2H2,1H3. The summed E-state index contributed by atoms with van der Waals surface area (Å²) in [7, 11) is 0. The van der Waals surface area contributed by atoms with Gasteiger partial charge >= 0.3 is 5.97 Å². The minimum atomic E-state index is -1.98. The van der Waals surface area contributed by atoms with E-state index in [9.17, 15) is 18.0 Å². The summed E-state index contributed by atoms with van der Waals surface area (Å²) < 4.78 is 49.6. The number of hydrogen-bond donors (Lipinski definition) is 0. The Hall–Kier alpha value is -3.28. The zero-order chi connectivity index (χ0) is 19.4. The van der Waals surface area contributed by atoms with Crippen molar-refractivity contribution in [3.63, 3.8) is 0 Å². The van der Waals surface area contributed by atoms with E-state index in [0.29, 0.717) is 29.4 Å². The van der Waals surface area contributed by atoms with Crippen LogP contribution in [-0.2, 0) is 0 Å². The second-order valence-corrected chi connectivity index (χ2v) is 5.63. The summed E-state index contributed by atoms with van der Waals surface area (Å²) >= 11 is 0. The molecule has 27 heavy (non-hydrogen) atoms. The summed E-state index contributed by atoms with van der Waals surface area (Å²) in [4.78, 5) is 12.2. The van der Waals surface area contributed by atoms with Crippen LogP contribution >= 0.6 is 0 Å². The van der Waals surface area contributed by atoms with Crippen LogP contribution in [0.15, 0.2) is 60.7 Å². The second kappa shape index (κ2) is 7.95. The van der Waals surface area contributed by atoms with Gasteiger partial charge in [0.15, 0.2) is 0 Å². The predicted octanol–water partition coefficient (Wildman–Crippen LogP) is 5.83. The molecule has 0 aliphatic carbocycles. The highest BCUT2D eigenvalue weighted by Crippen LogP contribution is 2.27. The summed E-state index contributed by atoms with van der Waals surface area (Å²) in [5.41, 5.74) is 0.130. The average Bonchev–Trinajstić information content (AvgIpc) is 2.64. The van der Waals surface area contributed by atoms with Gasteiger partial charge in [-0.3, -0.25) is 0 Å². The SMILES string of the molecule is CCOc1ccc(C(=O)Oc2ccc3c(F)c(C=C(F)F)ccc3c2)cc1. The van der Waals surface area contributed by atoms with Crippen LogP contribution in [0, 0.1) is 5.82 Å². The Morgan fingerprint density at radius 3 is 2.37 bits per heavy atom. The minimum Gasteiger partial charge on any atom is -0.494 e. The van der Waals surface area contributed by atoms with Crippen molar-refractivity contribution in [3.8, 4) is 11.5 Å². The summed E-state index contributed by atoms with van der Waals surface area (Å²) in [5, 5.41) is 0.590. The molecule has 0 aliphatic rings. The fourth-order valence-electron chi connectivity index (χ4n) is 2.60. The fraction of sp³-hybridized carbons (Fsp3) is 0.0952. The third kappa shape index (κ3) is 4.28. The van der Waals surface area contributed by atoms with Crippen LogP contribution in [0.4, 0.5) is 13.2 Å². The summed E-state index contributed by atoms with van der Waals surface area (Å²) in [5.74, 6) is -0.466. The van der Waals surface area contributed by atoms with Crippen molar-refractivity contribution < 1.29 is 27.4 Å². The number of ether oxygens (including phenoxy) is 2. The highest BCUT2D eigenvalue weighted by molar-refractivity contribution is 5.92. The number of carbonyl (C=O) groups excluding carboxylic acids is 1. The van der Waals surface area contributed by atoms with Crippen molar-refractivity contribution in [1.82, 2.24) is 0 Å². The van der Waals surface area contributed by atoms with Crippen molar-refractivity contribution in [3.05, 3.63) is 77.6 Å². The molecular weight excluding hydrogens is 357 g/mol. The predicted molar refractivity (Wildman–Crippen MR) is 96.7 cm³/mol.